The smallest absolute Gasteiger partial charge is 0.207 e. The molecule has 0 radical (unpaired) electrons. The van der Waals surface area contributed by atoms with Crippen molar-refractivity contribution >= 4 is 0 Å². The Balaban J connectivity index is 2.63. The van der Waals surface area contributed by atoms with Gasteiger partial charge in [-0.2, -0.15) is 0 Å². The summed E-state index contributed by atoms with van der Waals surface area (Å²) in [4.78, 5) is 0. The summed E-state index contributed by atoms with van der Waals surface area (Å²) in [6.07, 6.45) is 0. The first-order valence-electron chi connectivity index (χ1n) is 5.73. The van der Waals surface area contributed by atoms with Crippen LogP contribution in [0.25, 0.3) is 0 Å². The third kappa shape index (κ3) is 1.99. The van der Waals surface area contributed by atoms with Crippen LogP contribution in [0, 0.1) is 0 Å². The number of fused-ring (bicyclic) bond motifs is 1. The van der Waals surface area contributed by atoms with E-state index in [0.717, 1.165) is 11.3 Å². The molecule has 0 aromatic heterocycles. The number of hydrogen-bond donors (Lipinski definition) is 0. The monoisotopic (exact) mass is 238 g/mol. The van der Waals surface area contributed by atoms with Crippen molar-refractivity contribution in [2.75, 3.05) is 27.4 Å². The molecule has 4 nitrogen and oxygen atoms in total. The van der Waals surface area contributed by atoms with Gasteiger partial charge in [0.2, 0.25) is 11.5 Å². The number of rotatable bonds is 3. The van der Waals surface area contributed by atoms with Gasteiger partial charge in [0.1, 0.15) is 13.2 Å². The van der Waals surface area contributed by atoms with Crippen LogP contribution in [-0.2, 0) is 0 Å². The van der Waals surface area contributed by atoms with Gasteiger partial charge in [0.15, 0.2) is 11.5 Å². The molecule has 0 unspecified atom stereocenters. The second-order valence-corrected chi connectivity index (χ2v) is 4.21. The molecule has 17 heavy (non-hydrogen) atoms. The number of ether oxygens (including phenoxy) is 4. The lowest BCUT2D eigenvalue weighted by Crippen LogP contribution is -2.17. The fourth-order valence-corrected chi connectivity index (χ4v) is 1.96. The van der Waals surface area contributed by atoms with Crippen LogP contribution >= 0.6 is 0 Å². The average molecular weight is 238 g/mol. The van der Waals surface area contributed by atoms with E-state index in [1.165, 1.54) is 0 Å². The summed E-state index contributed by atoms with van der Waals surface area (Å²) < 4.78 is 22.0. The van der Waals surface area contributed by atoms with Crippen LogP contribution in [0.2, 0.25) is 0 Å². The first-order chi connectivity index (χ1) is 8.19. The lowest BCUT2D eigenvalue weighted by Gasteiger charge is -2.25. The van der Waals surface area contributed by atoms with Gasteiger partial charge < -0.3 is 18.9 Å². The van der Waals surface area contributed by atoms with Crippen LogP contribution in [0.15, 0.2) is 6.07 Å². The van der Waals surface area contributed by atoms with Crippen LogP contribution < -0.4 is 18.9 Å². The van der Waals surface area contributed by atoms with E-state index in [0.29, 0.717) is 36.4 Å². The van der Waals surface area contributed by atoms with Gasteiger partial charge in [0.05, 0.1) is 14.2 Å². The van der Waals surface area contributed by atoms with Gasteiger partial charge in [-0.05, 0) is 12.0 Å². The van der Waals surface area contributed by atoms with Gasteiger partial charge >= 0.3 is 0 Å². The zero-order chi connectivity index (χ0) is 12.4. The lowest BCUT2D eigenvalue weighted by atomic mass is 10.0. The van der Waals surface area contributed by atoms with E-state index < -0.39 is 0 Å². The Kier molecular flexibility index (Phi) is 3.31. The third-order valence-corrected chi connectivity index (χ3v) is 2.81. The van der Waals surface area contributed by atoms with Gasteiger partial charge in [0, 0.05) is 5.56 Å². The molecule has 0 spiro atoms. The zero-order valence-electron chi connectivity index (χ0n) is 10.7. The minimum Gasteiger partial charge on any atom is -0.493 e. The summed E-state index contributed by atoms with van der Waals surface area (Å²) in [6, 6.07) is 1.96. The highest BCUT2D eigenvalue weighted by molar-refractivity contribution is 5.64. The van der Waals surface area contributed by atoms with Crippen LogP contribution in [-0.4, -0.2) is 27.4 Å². The second kappa shape index (κ2) is 4.73. The minimum absolute atomic E-state index is 0.328. The van der Waals surface area contributed by atoms with Crippen molar-refractivity contribution in [2.45, 2.75) is 19.8 Å². The third-order valence-electron chi connectivity index (χ3n) is 2.81. The summed E-state index contributed by atoms with van der Waals surface area (Å²) in [5, 5.41) is 0. The van der Waals surface area contributed by atoms with Crippen molar-refractivity contribution in [1.82, 2.24) is 0 Å². The molecule has 0 saturated carbocycles. The molecule has 4 heteroatoms. The van der Waals surface area contributed by atoms with Gasteiger partial charge in [-0.15, -0.1) is 0 Å². The molecular formula is C13H18O4. The molecule has 1 aliphatic heterocycles. The highest BCUT2D eigenvalue weighted by atomic mass is 16.6. The standard InChI is InChI=1S/C13H18O4/c1-8(2)9-7-10(14-3)12-13(11(9)15-4)17-6-5-16-12/h7-8H,5-6H2,1-4H3. The fourth-order valence-electron chi connectivity index (χ4n) is 1.96. The molecular weight excluding hydrogens is 220 g/mol. The Hall–Kier alpha value is -1.58. The van der Waals surface area contributed by atoms with Gasteiger partial charge in [-0.1, -0.05) is 13.8 Å². The number of methoxy groups -OCH3 is 2. The van der Waals surface area contributed by atoms with Crippen molar-refractivity contribution in [2.24, 2.45) is 0 Å². The summed E-state index contributed by atoms with van der Waals surface area (Å²) in [5.41, 5.74) is 1.06. The van der Waals surface area contributed by atoms with Crippen molar-refractivity contribution in [1.29, 1.82) is 0 Å². The molecule has 2 rings (SSSR count). The van der Waals surface area contributed by atoms with E-state index in [9.17, 15) is 0 Å². The minimum atomic E-state index is 0.328. The number of benzene rings is 1. The molecule has 0 fully saturated rings. The van der Waals surface area contributed by atoms with Gasteiger partial charge in [-0.3, -0.25) is 0 Å². The first kappa shape index (κ1) is 11.9. The molecule has 1 heterocycles. The topological polar surface area (TPSA) is 36.9 Å². The molecule has 1 aromatic rings. The Labute approximate surface area is 101 Å². The summed E-state index contributed by atoms with van der Waals surface area (Å²) >= 11 is 0. The van der Waals surface area contributed by atoms with Crippen molar-refractivity contribution in [3.05, 3.63) is 11.6 Å². The van der Waals surface area contributed by atoms with Crippen LogP contribution in [0.3, 0.4) is 0 Å². The Bertz CT molecular complexity index is 412. The average Bonchev–Trinajstić information content (AvgIpc) is 2.36. The molecule has 0 atom stereocenters. The maximum Gasteiger partial charge on any atom is 0.207 e. The second-order valence-electron chi connectivity index (χ2n) is 4.21. The van der Waals surface area contributed by atoms with E-state index in [-0.39, 0.29) is 0 Å². The predicted molar refractivity (Wildman–Crippen MR) is 64.6 cm³/mol. The number of hydrogen-bond acceptors (Lipinski definition) is 4. The molecule has 0 saturated heterocycles. The SMILES string of the molecule is COc1cc(C(C)C)c(OC)c2c1OCCO2. The largest absolute Gasteiger partial charge is 0.493 e. The Morgan fingerprint density at radius 1 is 1.06 bits per heavy atom. The quantitative estimate of drug-likeness (QED) is 0.811. The molecule has 1 aliphatic rings. The van der Waals surface area contributed by atoms with Gasteiger partial charge in [-0.25, -0.2) is 0 Å². The van der Waals surface area contributed by atoms with E-state index in [1.807, 2.05) is 6.07 Å². The Morgan fingerprint density at radius 3 is 2.24 bits per heavy atom. The normalized spacial score (nSPS) is 13.7. The fraction of sp³-hybridized carbons (Fsp3) is 0.538. The molecule has 1 aromatic carbocycles. The molecule has 0 aliphatic carbocycles. The highest BCUT2D eigenvalue weighted by Crippen LogP contribution is 2.49. The summed E-state index contributed by atoms with van der Waals surface area (Å²) in [7, 11) is 3.27. The molecule has 0 N–H and O–H groups in total. The van der Waals surface area contributed by atoms with Crippen molar-refractivity contribution in [3.8, 4) is 23.0 Å². The van der Waals surface area contributed by atoms with Crippen LogP contribution in [0.5, 0.6) is 23.0 Å². The maximum absolute atomic E-state index is 5.65. The predicted octanol–water partition coefficient (Wildman–Crippen LogP) is 2.60. The molecule has 94 valence electrons. The summed E-state index contributed by atoms with van der Waals surface area (Å²) in [6.45, 7) is 5.28. The molecule has 0 bridgehead atoms. The maximum atomic E-state index is 5.65. The Morgan fingerprint density at radius 2 is 1.71 bits per heavy atom. The van der Waals surface area contributed by atoms with Crippen molar-refractivity contribution < 1.29 is 18.9 Å². The first-order valence-corrected chi connectivity index (χ1v) is 5.73. The van der Waals surface area contributed by atoms with Crippen LogP contribution in [0.1, 0.15) is 25.3 Å². The summed E-state index contributed by atoms with van der Waals surface area (Å²) in [5.74, 6) is 3.07. The van der Waals surface area contributed by atoms with Gasteiger partial charge in [0.25, 0.3) is 0 Å². The van der Waals surface area contributed by atoms with E-state index in [2.05, 4.69) is 13.8 Å². The van der Waals surface area contributed by atoms with Crippen molar-refractivity contribution in [3.63, 3.8) is 0 Å². The lowest BCUT2D eigenvalue weighted by molar-refractivity contribution is 0.158. The highest BCUT2D eigenvalue weighted by Gasteiger charge is 2.26. The van der Waals surface area contributed by atoms with E-state index in [4.69, 9.17) is 18.9 Å². The molecule has 0 amide bonds. The van der Waals surface area contributed by atoms with E-state index >= 15 is 0 Å². The van der Waals surface area contributed by atoms with Crippen LogP contribution in [0.4, 0.5) is 0 Å². The van der Waals surface area contributed by atoms with E-state index in [1.54, 1.807) is 14.2 Å². The zero-order valence-corrected chi connectivity index (χ0v) is 10.7.